The van der Waals surface area contributed by atoms with Gasteiger partial charge < -0.3 is 19.4 Å². The predicted octanol–water partition coefficient (Wildman–Crippen LogP) is 2.84. The third-order valence-electron chi connectivity index (χ3n) is 3.78. The number of fused-ring (bicyclic) bond motifs is 1. The molecule has 0 fully saturated rings. The summed E-state index contributed by atoms with van der Waals surface area (Å²) in [6.07, 6.45) is 0. The van der Waals surface area contributed by atoms with Crippen LogP contribution >= 0.6 is 0 Å². The SMILES string of the molecule is CCn1c([C@H](C)NC(=O)c2ccc(C(=O)O)o2)nc2ccccc21. The van der Waals surface area contributed by atoms with Crippen LogP contribution in [0.4, 0.5) is 0 Å². The van der Waals surface area contributed by atoms with Gasteiger partial charge in [0.15, 0.2) is 5.76 Å². The van der Waals surface area contributed by atoms with E-state index in [9.17, 15) is 9.59 Å². The zero-order valence-corrected chi connectivity index (χ0v) is 13.3. The van der Waals surface area contributed by atoms with Gasteiger partial charge in [-0.15, -0.1) is 0 Å². The van der Waals surface area contributed by atoms with E-state index in [1.807, 2.05) is 42.7 Å². The summed E-state index contributed by atoms with van der Waals surface area (Å²) in [4.78, 5) is 27.7. The molecule has 0 aliphatic rings. The molecule has 0 aliphatic heterocycles. The summed E-state index contributed by atoms with van der Waals surface area (Å²) in [5, 5.41) is 11.6. The van der Waals surface area contributed by atoms with E-state index in [1.54, 1.807) is 0 Å². The number of hydrogen-bond donors (Lipinski definition) is 2. The molecule has 0 saturated heterocycles. The highest BCUT2D eigenvalue weighted by Crippen LogP contribution is 2.21. The molecule has 0 radical (unpaired) electrons. The number of nitrogens with one attached hydrogen (secondary N) is 1. The first kappa shape index (κ1) is 15.8. The predicted molar refractivity (Wildman–Crippen MR) is 87.0 cm³/mol. The standard InChI is InChI=1S/C17H17N3O4/c1-3-20-12-7-5-4-6-11(12)19-15(20)10(2)18-16(21)13-8-9-14(24-13)17(22)23/h4-10H,3H2,1-2H3,(H,18,21)(H,22,23)/t10-/m0/s1. The summed E-state index contributed by atoms with van der Waals surface area (Å²) in [6, 6.07) is 10.00. The number of carboxylic acid groups (broad SMARTS) is 1. The second-order valence-corrected chi connectivity index (χ2v) is 5.37. The number of para-hydroxylation sites is 2. The first-order chi connectivity index (χ1) is 11.5. The summed E-state index contributed by atoms with van der Waals surface area (Å²) < 4.78 is 7.05. The lowest BCUT2D eigenvalue weighted by Crippen LogP contribution is -2.28. The van der Waals surface area contributed by atoms with Crippen molar-refractivity contribution in [2.75, 3.05) is 0 Å². The van der Waals surface area contributed by atoms with E-state index in [2.05, 4.69) is 10.3 Å². The van der Waals surface area contributed by atoms with E-state index in [0.29, 0.717) is 0 Å². The summed E-state index contributed by atoms with van der Waals surface area (Å²) in [5.41, 5.74) is 1.86. The van der Waals surface area contributed by atoms with Crippen LogP contribution in [0.5, 0.6) is 0 Å². The fraction of sp³-hybridized carbons (Fsp3) is 0.235. The van der Waals surface area contributed by atoms with Gasteiger partial charge in [0.1, 0.15) is 5.82 Å². The molecule has 7 heteroatoms. The first-order valence-electron chi connectivity index (χ1n) is 7.60. The van der Waals surface area contributed by atoms with E-state index >= 15 is 0 Å². The van der Waals surface area contributed by atoms with Gasteiger partial charge >= 0.3 is 5.97 Å². The molecule has 3 aromatic rings. The van der Waals surface area contributed by atoms with Gasteiger partial charge in [0.25, 0.3) is 5.91 Å². The van der Waals surface area contributed by atoms with Crippen molar-refractivity contribution < 1.29 is 19.1 Å². The van der Waals surface area contributed by atoms with Crippen LogP contribution in [0.25, 0.3) is 11.0 Å². The van der Waals surface area contributed by atoms with E-state index in [1.165, 1.54) is 12.1 Å². The molecule has 3 rings (SSSR count). The van der Waals surface area contributed by atoms with E-state index in [-0.39, 0.29) is 17.6 Å². The molecule has 7 nitrogen and oxygen atoms in total. The second kappa shape index (κ2) is 6.19. The van der Waals surface area contributed by atoms with Crippen LogP contribution in [-0.4, -0.2) is 26.5 Å². The number of carbonyl (C=O) groups is 2. The minimum Gasteiger partial charge on any atom is -0.475 e. The molecule has 0 spiro atoms. The molecule has 1 atom stereocenters. The number of carbonyl (C=O) groups excluding carboxylic acids is 1. The maximum Gasteiger partial charge on any atom is 0.371 e. The van der Waals surface area contributed by atoms with E-state index < -0.39 is 11.9 Å². The Morgan fingerprint density at radius 3 is 2.62 bits per heavy atom. The number of aromatic carboxylic acids is 1. The molecule has 0 aliphatic carbocycles. The average molecular weight is 327 g/mol. The van der Waals surface area contributed by atoms with Crippen LogP contribution in [0.3, 0.4) is 0 Å². The number of furan rings is 1. The van der Waals surface area contributed by atoms with Crippen LogP contribution < -0.4 is 5.32 Å². The third kappa shape index (κ3) is 2.76. The second-order valence-electron chi connectivity index (χ2n) is 5.37. The van der Waals surface area contributed by atoms with Gasteiger partial charge in [-0.25, -0.2) is 9.78 Å². The van der Waals surface area contributed by atoms with Crippen LogP contribution in [0.15, 0.2) is 40.8 Å². The van der Waals surface area contributed by atoms with Crippen molar-refractivity contribution in [2.45, 2.75) is 26.4 Å². The zero-order chi connectivity index (χ0) is 17.3. The zero-order valence-electron chi connectivity index (χ0n) is 13.3. The van der Waals surface area contributed by atoms with Gasteiger partial charge in [0, 0.05) is 6.54 Å². The number of nitrogens with zero attached hydrogens (tertiary/aromatic N) is 2. The Labute approximate surface area is 137 Å². The highest BCUT2D eigenvalue weighted by Gasteiger charge is 2.21. The van der Waals surface area contributed by atoms with Gasteiger partial charge in [0.2, 0.25) is 5.76 Å². The summed E-state index contributed by atoms with van der Waals surface area (Å²) in [5.74, 6) is -1.27. The van der Waals surface area contributed by atoms with Crippen molar-refractivity contribution in [1.82, 2.24) is 14.9 Å². The molecule has 0 bridgehead atoms. The number of hydrogen-bond acceptors (Lipinski definition) is 4. The van der Waals surface area contributed by atoms with Crippen molar-refractivity contribution in [3.05, 3.63) is 53.7 Å². The number of amides is 1. The number of aromatic nitrogens is 2. The summed E-state index contributed by atoms with van der Waals surface area (Å²) in [7, 11) is 0. The molecule has 0 unspecified atom stereocenters. The van der Waals surface area contributed by atoms with E-state index in [0.717, 1.165) is 23.4 Å². The fourth-order valence-electron chi connectivity index (χ4n) is 2.66. The van der Waals surface area contributed by atoms with Crippen molar-refractivity contribution in [2.24, 2.45) is 0 Å². The van der Waals surface area contributed by atoms with Gasteiger partial charge in [-0.05, 0) is 38.1 Å². The largest absolute Gasteiger partial charge is 0.475 e. The van der Waals surface area contributed by atoms with Crippen molar-refractivity contribution >= 4 is 22.9 Å². The fourth-order valence-corrected chi connectivity index (χ4v) is 2.66. The minimum absolute atomic E-state index is 0.0431. The highest BCUT2D eigenvalue weighted by atomic mass is 16.4. The minimum atomic E-state index is -1.21. The Balaban J connectivity index is 1.85. The van der Waals surface area contributed by atoms with Crippen LogP contribution in [0.2, 0.25) is 0 Å². The van der Waals surface area contributed by atoms with Gasteiger partial charge in [-0.3, -0.25) is 4.79 Å². The molecule has 24 heavy (non-hydrogen) atoms. The number of benzene rings is 1. The topological polar surface area (TPSA) is 97.4 Å². The first-order valence-corrected chi connectivity index (χ1v) is 7.60. The molecule has 2 N–H and O–H groups in total. The number of rotatable bonds is 5. The number of aryl methyl sites for hydroxylation is 1. The van der Waals surface area contributed by atoms with E-state index in [4.69, 9.17) is 9.52 Å². The quantitative estimate of drug-likeness (QED) is 0.751. The molecule has 2 aromatic heterocycles. The maximum absolute atomic E-state index is 12.2. The van der Waals surface area contributed by atoms with Crippen molar-refractivity contribution in [1.29, 1.82) is 0 Å². The van der Waals surface area contributed by atoms with Crippen LogP contribution in [0.1, 0.15) is 46.8 Å². The van der Waals surface area contributed by atoms with Gasteiger partial charge in [-0.1, -0.05) is 12.1 Å². The lowest BCUT2D eigenvalue weighted by atomic mass is 10.3. The molecular formula is C17H17N3O4. The Hall–Kier alpha value is -3.09. The number of carboxylic acids is 1. The molecule has 2 heterocycles. The van der Waals surface area contributed by atoms with Crippen molar-refractivity contribution in [3.63, 3.8) is 0 Å². The molecule has 0 saturated carbocycles. The van der Waals surface area contributed by atoms with Gasteiger partial charge in [0.05, 0.1) is 17.1 Å². The summed E-state index contributed by atoms with van der Waals surface area (Å²) >= 11 is 0. The lowest BCUT2D eigenvalue weighted by molar-refractivity contribution is 0.0659. The smallest absolute Gasteiger partial charge is 0.371 e. The Morgan fingerprint density at radius 1 is 1.25 bits per heavy atom. The molecule has 124 valence electrons. The lowest BCUT2D eigenvalue weighted by Gasteiger charge is -2.14. The summed E-state index contributed by atoms with van der Waals surface area (Å²) in [6.45, 7) is 4.56. The third-order valence-corrected chi connectivity index (χ3v) is 3.78. The molecular weight excluding hydrogens is 310 g/mol. The van der Waals surface area contributed by atoms with Crippen LogP contribution in [-0.2, 0) is 6.54 Å². The Morgan fingerprint density at radius 2 is 1.96 bits per heavy atom. The highest BCUT2D eigenvalue weighted by molar-refractivity contribution is 5.93. The molecule has 1 aromatic carbocycles. The monoisotopic (exact) mass is 327 g/mol. The number of imidazole rings is 1. The molecule has 1 amide bonds. The normalized spacial score (nSPS) is 12.2. The van der Waals surface area contributed by atoms with Crippen LogP contribution in [0, 0.1) is 0 Å². The van der Waals surface area contributed by atoms with Gasteiger partial charge in [-0.2, -0.15) is 0 Å². The maximum atomic E-state index is 12.2. The Bertz CT molecular complexity index is 910. The average Bonchev–Trinajstić information content (AvgIpc) is 3.19. The van der Waals surface area contributed by atoms with Crippen molar-refractivity contribution in [3.8, 4) is 0 Å². The Kier molecular flexibility index (Phi) is 4.07.